The van der Waals surface area contributed by atoms with Crippen molar-refractivity contribution < 1.29 is 4.79 Å². The van der Waals surface area contributed by atoms with Gasteiger partial charge in [-0.15, -0.1) is 0 Å². The van der Waals surface area contributed by atoms with Gasteiger partial charge in [0.1, 0.15) is 0 Å². The van der Waals surface area contributed by atoms with Gasteiger partial charge in [-0.05, 0) is 0 Å². The number of aromatic amines is 1. The quantitative estimate of drug-likeness (QED) is 0.239. The first kappa shape index (κ1) is 8.21. The van der Waals surface area contributed by atoms with E-state index in [1.165, 1.54) is 0 Å². The zero-order valence-electron chi connectivity index (χ0n) is 7.00. The smallest absolute Gasteiger partial charge is 0.251 e. The summed E-state index contributed by atoms with van der Waals surface area (Å²) >= 11 is 0. The molecule has 1 atom stereocenters. The molecular weight excluding hydrogens is 170 g/mol. The van der Waals surface area contributed by atoms with E-state index in [0.29, 0.717) is 13.0 Å². The number of hydrogen-bond donors (Lipinski definition) is 4. The molecule has 5 N–H and O–H groups in total. The Bertz CT molecular complexity index is 320. The van der Waals surface area contributed by atoms with E-state index in [1.807, 2.05) is 0 Å². The van der Waals surface area contributed by atoms with E-state index in [1.54, 1.807) is 6.33 Å². The third kappa shape index (κ3) is 1.41. The second-order valence-electron chi connectivity index (χ2n) is 2.97. The van der Waals surface area contributed by atoms with E-state index in [4.69, 9.17) is 5.84 Å². The van der Waals surface area contributed by atoms with E-state index in [2.05, 4.69) is 20.7 Å². The van der Waals surface area contributed by atoms with E-state index < -0.39 is 0 Å². The minimum absolute atomic E-state index is 0.200. The summed E-state index contributed by atoms with van der Waals surface area (Å²) in [5, 5.41) is 3.05. The molecule has 0 aliphatic carbocycles. The average molecular weight is 181 g/mol. The molecule has 6 nitrogen and oxygen atoms in total. The number of hydrazine groups is 1. The Labute approximate surface area is 74.9 Å². The van der Waals surface area contributed by atoms with Gasteiger partial charge in [-0.25, -0.2) is 10.8 Å². The van der Waals surface area contributed by atoms with Crippen LogP contribution in [0.1, 0.15) is 11.4 Å². The fourth-order valence-corrected chi connectivity index (χ4v) is 1.46. The first-order valence-corrected chi connectivity index (χ1v) is 4.06. The summed E-state index contributed by atoms with van der Waals surface area (Å²) in [7, 11) is 0. The van der Waals surface area contributed by atoms with E-state index in [-0.39, 0.29) is 11.9 Å². The topological polar surface area (TPSA) is 95.8 Å². The van der Waals surface area contributed by atoms with Gasteiger partial charge in [-0.1, -0.05) is 0 Å². The molecule has 6 heteroatoms. The number of fused-ring (bicyclic) bond motifs is 1. The minimum atomic E-state index is -0.263. The molecule has 0 bridgehead atoms. The molecule has 13 heavy (non-hydrogen) atoms. The van der Waals surface area contributed by atoms with Crippen LogP contribution in [-0.2, 0) is 17.8 Å². The lowest BCUT2D eigenvalue weighted by Gasteiger charge is -2.20. The summed E-state index contributed by atoms with van der Waals surface area (Å²) in [6.45, 7) is 0.632. The van der Waals surface area contributed by atoms with Crippen LogP contribution < -0.4 is 16.6 Å². The van der Waals surface area contributed by atoms with Crippen molar-refractivity contribution in [1.29, 1.82) is 0 Å². The number of aromatic nitrogens is 2. The number of carbonyl (C=O) groups excluding carboxylic acids is 1. The van der Waals surface area contributed by atoms with Crippen molar-refractivity contribution in [3.05, 3.63) is 17.7 Å². The lowest BCUT2D eigenvalue weighted by atomic mass is 10.1. The summed E-state index contributed by atoms with van der Waals surface area (Å²) < 4.78 is 0. The molecule has 1 aliphatic heterocycles. The molecule has 2 rings (SSSR count). The van der Waals surface area contributed by atoms with Crippen molar-refractivity contribution >= 4 is 5.91 Å². The molecular formula is C7H11N5O. The maximum Gasteiger partial charge on any atom is 0.251 e. The van der Waals surface area contributed by atoms with Crippen LogP contribution in [0.25, 0.3) is 0 Å². The van der Waals surface area contributed by atoms with Crippen LogP contribution in [0.15, 0.2) is 6.33 Å². The van der Waals surface area contributed by atoms with Crippen molar-refractivity contribution in [3.63, 3.8) is 0 Å². The molecule has 0 radical (unpaired) electrons. The standard InChI is InChI=1S/C7H11N5O/c8-12-7(13)5-1-4-6(2-9-5)11-3-10-4/h3,5,9H,1-2,8H2,(H,10,11)(H,12,13). The Balaban J connectivity index is 2.13. The highest BCUT2D eigenvalue weighted by molar-refractivity contribution is 5.81. The predicted molar refractivity (Wildman–Crippen MR) is 45.2 cm³/mol. The Morgan fingerprint density at radius 3 is 3.38 bits per heavy atom. The van der Waals surface area contributed by atoms with E-state index in [9.17, 15) is 4.79 Å². The van der Waals surface area contributed by atoms with Crippen molar-refractivity contribution in [1.82, 2.24) is 20.7 Å². The van der Waals surface area contributed by atoms with Gasteiger partial charge in [-0.2, -0.15) is 0 Å². The van der Waals surface area contributed by atoms with Crippen molar-refractivity contribution in [2.24, 2.45) is 5.84 Å². The summed E-state index contributed by atoms with van der Waals surface area (Å²) in [5.41, 5.74) is 4.10. The van der Waals surface area contributed by atoms with Crippen LogP contribution >= 0.6 is 0 Å². The van der Waals surface area contributed by atoms with Crippen LogP contribution in [-0.4, -0.2) is 21.9 Å². The van der Waals surface area contributed by atoms with Gasteiger partial charge in [0.05, 0.1) is 23.8 Å². The first-order chi connectivity index (χ1) is 6.31. The maximum absolute atomic E-state index is 11.2. The Morgan fingerprint density at radius 2 is 2.62 bits per heavy atom. The number of amides is 1. The molecule has 0 saturated carbocycles. The highest BCUT2D eigenvalue weighted by Crippen LogP contribution is 2.11. The summed E-state index contributed by atoms with van der Waals surface area (Å²) in [6.07, 6.45) is 2.22. The van der Waals surface area contributed by atoms with Gasteiger partial charge in [0, 0.05) is 13.0 Å². The van der Waals surface area contributed by atoms with Crippen LogP contribution in [0.5, 0.6) is 0 Å². The highest BCUT2D eigenvalue weighted by Gasteiger charge is 2.24. The number of hydrogen-bond acceptors (Lipinski definition) is 4. The summed E-state index contributed by atoms with van der Waals surface area (Å²) in [5.74, 6) is 4.83. The number of imidazole rings is 1. The van der Waals surface area contributed by atoms with Crippen LogP contribution in [0.2, 0.25) is 0 Å². The first-order valence-electron chi connectivity index (χ1n) is 4.06. The average Bonchev–Trinajstić information content (AvgIpc) is 2.63. The van der Waals surface area contributed by atoms with E-state index in [0.717, 1.165) is 11.4 Å². The van der Waals surface area contributed by atoms with Crippen molar-refractivity contribution in [2.75, 3.05) is 0 Å². The van der Waals surface area contributed by atoms with Crippen molar-refractivity contribution in [2.45, 2.75) is 19.0 Å². The fraction of sp³-hybridized carbons (Fsp3) is 0.429. The number of nitrogens with zero attached hydrogens (tertiary/aromatic N) is 1. The van der Waals surface area contributed by atoms with Gasteiger partial charge in [-0.3, -0.25) is 15.5 Å². The molecule has 1 aliphatic rings. The molecule has 70 valence electrons. The number of carbonyl (C=O) groups is 1. The largest absolute Gasteiger partial charge is 0.347 e. The van der Waals surface area contributed by atoms with Crippen LogP contribution in [0.3, 0.4) is 0 Å². The summed E-state index contributed by atoms with van der Waals surface area (Å²) in [4.78, 5) is 18.3. The molecule has 1 aromatic rings. The molecule has 0 spiro atoms. The number of nitrogens with two attached hydrogens (primary N) is 1. The number of H-pyrrole nitrogens is 1. The highest BCUT2D eigenvalue weighted by atomic mass is 16.2. The predicted octanol–water partition coefficient (Wildman–Crippen LogP) is -1.59. The van der Waals surface area contributed by atoms with Gasteiger partial charge in [0.15, 0.2) is 0 Å². The second kappa shape index (κ2) is 3.15. The lowest BCUT2D eigenvalue weighted by Crippen LogP contribution is -2.49. The molecule has 1 aromatic heterocycles. The van der Waals surface area contributed by atoms with Gasteiger partial charge >= 0.3 is 0 Å². The molecule has 1 unspecified atom stereocenters. The Kier molecular flexibility index (Phi) is 1.99. The maximum atomic E-state index is 11.2. The van der Waals surface area contributed by atoms with Crippen LogP contribution in [0.4, 0.5) is 0 Å². The lowest BCUT2D eigenvalue weighted by molar-refractivity contribution is -0.123. The molecule has 2 heterocycles. The van der Waals surface area contributed by atoms with Crippen molar-refractivity contribution in [3.8, 4) is 0 Å². The van der Waals surface area contributed by atoms with E-state index >= 15 is 0 Å². The van der Waals surface area contributed by atoms with Crippen LogP contribution in [0, 0.1) is 0 Å². The third-order valence-electron chi connectivity index (χ3n) is 2.19. The van der Waals surface area contributed by atoms with Gasteiger partial charge in [0.25, 0.3) is 5.91 Å². The zero-order valence-corrected chi connectivity index (χ0v) is 7.00. The molecule has 0 aromatic carbocycles. The number of nitrogens with one attached hydrogen (secondary N) is 3. The Morgan fingerprint density at radius 1 is 1.77 bits per heavy atom. The molecule has 0 fully saturated rings. The third-order valence-corrected chi connectivity index (χ3v) is 2.19. The monoisotopic (exact) mass is 181 g/mol. The summed E-state index contributed by atoms with van der Waals surface area (Å²) in [6, 6.07) is -0.263. The zero-order chi connectivity index (χ0) is 9.26. The van der Waals surface area contributed by atoms with Gasteiger partial charge in [0.2, 0.25) is 0 Å². The fourth-order valence-electron chi connectivity index (χ4n) is 1.46. The molecule has 0 saturated heterocycles. The minimum Gasteiger partial charge on any atom is -0.347 e. The van der Waals surface area contributed by atoms with Gasteiger partial charge < -0.3 is 4.98 Å². The molecule has 1 amide bonds. The normalized spacial score (nSPS) is 20.8. The second-order valence-corrected chi connectivity index (χ2v) is 2.97. The SMILES string of the molecule is NNC(=O)C1Cc2nc[nH]c2CN1. The Hall–Kier alpha value is -1.40. The number of rotatable bonds is 1.